The van der Waals surface area contributed by atoms with Gasteiger partial charge in [0.25, 0.3) is 0 Å². The lowest BCUT2D eigenvalue weighted by atomic mass is 10.0. The van der Waals surface area contributed by atoms with E-state index in [1.165, 1.54) is 32.9 Å². The van der Waals surface area contributed by atoms with Crippen LogP contribution in [0.15, 0.2) is 24.3 Å². The lowest BCUT2D eigenvalue weighted by Crippen LogP contribution is -2.47. The van der Waals surface area contributed by atoms with Gasteiger partial charge in [-0.15, -0.1) is 0 Å². The maximum Gasteiger partial charge on any atom is 0.416 e. The highest BCUT2D eigenvalue weighted by molar-refractivity contribution is 7.88. The minimum Gasteiger partial charge on any atom is -0.390 e. The number of aliphatic hydroxyl groups is 1. The Hall–Kier alpha value is -2.02. The highest BCUT2D eigenvalue weighted by Gasteiger charge is 2.38. The lowest BCUT2D eigenvalue weighted by molar-refractivity contribution is -0.137. The van der Waals surface area contributed by atoms with Crippen LogP contribution in [0.1, 0.15) is 42.8 Å². The molecule has 0 bridgehead atoms. The third kappa shape index (κ3) is 4.86. The number of alkyl halides is 4. The van der Waals surface area contributed by atoms with Gasteiger partial charge in [0.1, 0.15) is 6.17 Å². The quantitative estimate of drug-likeness (QED) is 0.500. The number of likely N-dealkylation sites (tertiary alicyclic amines) is 1. The first-order chi connectivity index (χ1) is 15.9. The number of sulfonamides is 1. The van der Waals surface area contributed by atoms with Gasteiger partial charge >= 0.3 is 6.18 Å². The molecule has 0 aliphatic carbocycles. The Kier molecular flexibility index (Phi) is 6.80. The molecular formula is C22H27F4N4O3S. The first-order valence-corrected chi connectivity index (χ1v) is 12.9. The number of hydrogen-bond donors (Lipinski definition) is 1. The summed E-state index contributed by atoms with van der Waals surface area (Å²) in [5.41, 5.74) is 1.07. The summed E-state index contributed by atoms with van der Waals surface area (Å²) < 4.78 is 81.2. The van der Waals surface area contributed by atoms with E-state index < -0.39 is 40.3 Å². The molecule has 187 valence electrons. The average Bonchev–Trinajstić information content (AvgIpc) is 3.12. The molecule has 1 fully saturated rings. The molecule has 2 aromatic rings. The number of piperidine rings is 1. The Labute approximate surface area is 196 Å². The molecule has 34 heavy (non-hydrogen) atoms. The average molecular weight is 504 g/mol. The van der Waals surface area contributed by atoms with E-state index in [0.29, 0.717) is 35.5 Å². The molecule has 0 spiro atoms. The summed E-state index contributed by atoms with van der Waals surface area (Å²) in [6, 6.07) is 4.48. The summed E-state index contributed by atoms with van der Waals surface area (Å²) in [6.45, 7) is 2.08. The van der Waals surface area contributed by atoms with Crippen LogP contribution in [0.4, 0.5) is 17.6 Å². The van der Waals surface area contributed by atoms with Crippen LogP contribution in [0.5, 0.6) is 0 Å². The Morgan fingerprint density at radius 2 is 1.85 bits per heavy atom. The van der Waals surface area contributed by atoms with Gasteiger partial charge in [-0.1, -0.05) is 12.1 Å². The first kappa shape index (κ1) is 25.1. The summed E-state index contributed by atoms with van der Waals surface area (Å²) in [4.78, 5) is 1.53. The number of benzene rings is 1. The lowest BCUT2D eigenvalue weighted by Gasteiger charge is -2.39. The number of aromatic nitrogens is 2. The maximum atomic E-state index is 14.8. The minimum absolute atomic E-state index is 0.0100. The van der Waals surface area contributed by atoms with Crippen LogP contribution >= 0.6 is 0 Å². The van der Waals surface area contributed by atoms with Crippen molar-refractivity contribution in [3.63, 3.8) is 0 Å². The minimum atomic E-state index is -4.50. The van der Waals surface area contributed by atoms with Crippen molar-refractivity contribution in [2.45, 2.75) is 57.5 Å². The second kappa shape index (κ2) is 9.21. The van der Waals surface area contributed by atoms with Crippen LogP contribution in [0, 0.1) is 6.42 Å². The summed E-state index contributed by atoms with van der Waals surface area (Å²) in [7, 11) is -3.53. The number of fused-ring (bicyclic) bond motifs is 1. The van der Waals surface area contributed by atoms with Crippen molar-refractivity contribution in [2.75, 3.05) is 19.3 Å². The van der Waals surface area contributed by atoms with Crippen LogP contribution in [-0.2, 0) is 29.2 Å². The van der Waals surface area contributed by atoms with Gasteiger partial charge in [0.05, 0.1) is 23.6 Å². The Morgan fingerprint density at radius 1 is 1.18 bits per heavy atom. The van der Waals surface area contributed by atoms with Gasteiger partial charge in [-0.2, -0.15) is 22.6 Å². The van der Waals surface area contributed by atoms with E-state index >= 15 is 0 Å². The van der Waals surface area contributed by atoms with Crippen molar-refractivity contribution in [1.82, 2.24) is 19.0 Å². The number of hydrogen-bond acceptors (Lipinski definition) is 5. The Balaban J connectivity index is 1.83. The van der Waals surface area contributed by atoms with Crippen LogP contribution in [0.25, 0.3) is 11.3 Å². The van der Waals surface area contributed by atoms with Crippen LogP contribution < -0.4 is 0 Å². The SMILES string of the molecule is CC(O)C(N1CC[CH]CC1F)n1nc(-c2ccc(C(F)(F)F)cc2)c2c1CCN(S(C)(=O)=O)C2. The molecular weight excluding hydrogens is 476 g/mol. The smallest absolute Gasteiger partial charge is 0.390 e. The molecule has 3 heterocycles. The van der Waals surface area contributed by atoms with E-state index in [1.807, 2.05) is 6.42 Å². The number of halogens is 4. The predicted molar refractivity (Wildman–Crippen MR) is 117 cm³/mol. The summed E-state index contributed by atoms with van der Waals surface area (Å²) in [6.07, 6.45) is -3.61. The van der Waals surface area contributed by atoms with Crippen molar-refractivity contribution in [3.05, 3.63) is 47.5 Å². The van der Waals surface area contributed by atoms with Gasteiger partial charge in [0.2, 0.25) is 10.0 Å². The first-order valence-electron chi connectivity index (χ1n) is 11.0. The maximum absolute atomic E-state index is 14.8. The van der Waals surface area contributed by atoms with Crippen molar-refractivity contribution in [2.24, 2.45) is 0 Å². The second-order valence-corrected chi connectivity index (χ2v) is 10.8. The summed E-state index contributed by atoms with van der Waals surface area (Å²) >= 11 is 0. The molecule has 0 saturated carbocycles. The monoisotopic (exact) mass is 503 g/mol. The molecule has 3 unspecified atom stereocenters. The van der Waals surface area contributed by atoms with Gasteiger partial charge in [0.15, 0.2) is 6.30 Å². The predicted octanol–water partition coefficient (Wildman–Crippen LogP) is 3.36. The molecule has 12 heteroatoms. The molecule has 3 atom stereocenters. The topological polar surface area (TPSA) is 78.7 Å². The van der Waals surface area contributed by atoms with Crippen molar-refractivity contribution >= 4 is 10.0 Å². The van der Waals surface area contributed by atoms with Crippen molar-refractivity contribution in [1.29, 1.82) is 0 Å². The highest BCUT2D eigenvalue weighted by Crippen LogP contribution is 2.37. The third-order valence-electron chi connectivity index (χ3n) is 6.34. The van der Waals surface area contributed by atoms with Gasteiger partial charge in [-0.25, -0.2) is 22.4 Å². The standard InChI is InChI=1S/C22H27F4N4O3S/c1-14(31)21(29-11-4-3-5-19(29)23)30-18-10-12-28(34(2,32)33)13-17(18)20(27-30)15-6-8-16(9-7-15)22(24,25)26/h3,6-9,14,19,21,31H,4-5,10-13H2,1-2H3. The summed E-state index contributed by atoms with van der Waals surface area (Å²) in [5.74, 6) is 0. The number of rotatable bonds is 5. The molecule has 0 amide bonds. The fourth-order valence-corrected chi connectivity index (χ4v) is 5.45. The van der Waals surface area contributed by atoms with Crippen LogP contribution in [0.2, 0.25) is 0 Å². The zero-order valence-electron chi connectivity index (χ0n) is 18.8. The van der Waals surface area contributed by atoms with E-state index in [2.05, 4.69) is 5.10 Å². The van der Waals surface area contributed by atoms with Crippen LogP contribution in [-0.4, -0.2) is 64.3 Å². The molecule has 2 aliphatic rings. The van der Waals surface area contributed by atoms with Crippen LogP contribution in [0.3, 0.4) is 0 Å². The highest BCUT2D eigenvalue weighted by atomic mass is 32.2. The fourth-order valence-electron chi connectivity index (χ4n) is 4.66. The number of aliphatic hydroxyl groups excluding tert-OH is 1. The zero-order valence-corrected chi connectivity index (χ0v) is 19.7. The van der Waals surface area contributed by atoms with E-state index in [4.69, 9.17) is 0 Å². The fraction of sp³-hybridized carbons (Fsp3) is 0.545. The van der Waals surface area contributed by atoms with Crippen molar-refractivity contribution < 1.29 is 31.1 Å². The van der Waals surface area contributed by atoms with Gasteiger partial charge < -0.3 is 5.11 Å². The Bertz CT molecular complexity index is 1130. The number of nitrogens with zero attached hydrogens (tertiary/aromatic N) is 4. The normalized spacial score (nSPS) is 22.4. The van der Waals surface area contributed by atoms with E-state index in [9.17, 15) is 31.1 Å². The zero-order chi connectivity index (χ0) is 24.8. The van der Waals surface area contributed by atoms with Gasteiger partial charge in [0, 0.05) is 42.9 Å². The van der Waals surface area contributed by atoms with E-state index in [-0.39, 0.29) is 25.9 Å². The molecule has 4 rings (SSSR count). The molecule has 1 aromatic heterocycles. The van der Waals surface area contributed by atoms with Gasteiger partial charge in [-0.3, -0.25) is 0 Å². The van der Waals surface area contributed by atoms with E-state index in [1.54, 1.807) is 0 Å². The van der Waals surface area contributed by atoms with E-state index in [0.717, 1.165) is 18.4 Å². The summed E-state index contributed by atoms with van der Waals surface area (Å²) in [5, 5.41) is 15.3. The molecule has 1 aromatic carbocycles. The largest absolute Gasteiger partial charge is 0.416 e. The molecule has 1 saturated heterocycles. The van der Waals surface area contributed by atoms with Gasteiger partial charge in [-0.05, 0) is 38.3 Å². The molecule has 1 radical (unpaired) electrons. The molecule has 2 aliphatic heterocycles. The Morgan fingerprint density at radius 3 is 2.41 bits per heavy atom. The van der Waals surface area contributed by atoms with Crippen molar-refractivity contribution in [3.8, 4) is 11.3 Å². The molecule has 7 nitrogen and oxygen atoms in total. The molecule has 1 N–H and O–H groups in total. The third-order valence-corrected chi connectivity index (χ3v) is 7.59. The second-order valence-electron chi connectivity index (χ2n) is 8.78.